The van der Waals surface area contributed by atoms with Crippen molar-refractivity contribution >= 4 is 49.9 Å². The summed E-state index contributed by atoms with van der Waals surface area (Å²) >= 11 is 8.13. The van der Waals surface area contributed by atoms with E-state index in [4.69, 9.17) is 17.3 Å². The lowest BCUT2D eigenvalue weighted by Crippen LogP contribution is -2.12. The molecule has 20 heavy (non-hydrogen) atoms. The Hall–Kier alpha value is -0.770. The molecule has 3 N–H and O–H groups in total. The van der Waals surface area contributed by atoms with Crippen molar-refractivity contribution in [2.75, 3.05) is 4.72 Å². The Morgan fingerprint density at radius 2 is 2.10 bits per heavy atom. The summed E-state index contributed by atoms with van der Waals surface area (Å²) < 4.78 is 29.7. The number of hydrogen-bond acceptors (Lipinski definition) is 3. The first-order valence-corrected chi connectivity index (χ1v) is 8.60. The first-order chi connectivity index (χ1) is 9.33. The van der Waals surface area contributed by atoms with Crippen molar-refractivity contribution in [1.82, 2.24) is 4.57 Å². The van der Waals surface area contributed by atoms with Gasteiger partial charge in [-0.1, -0.05) is 11.6 Å². The van der Waals surface area contributed by atoms with Crippen molar-refractivity contribution in [2.45, 2.75) is 11.4 Å². The molecule has 0 bridgehead atoms. The van der Waals surface area contributed by atoms with E-state index >= 15 is 0 Å². The maximum absolute atomic E-state index is 12.3. The van der Waals surface area contributed by atoms with Crippen molar-refractivity contribution in [3.8, 4) is 0 Å². The molecule has 5 nitrogen and oxygen atoms in total. The van der Waals surface area contributed by atoms with Crippen LogP contribution in [0.2, 0.25) is 5.02 Å². The van der Waals surface area contributed by atoms with E-state index in [-0.39, 0.29) is 11.4 Å². The number of rotatable bonds is 4. The molecule has 2 aromatic rings. The van der Waals surface area contributed by atoms with Gasteiger partial charge in [0.1, 0.15) is 4.90 Å². The van der Waals surface area contributed by atoms with Crippen LogP contribution < -0.4 is 10.5 Å². The van der Waals surface area contributed by atoms with Crippen LogP contribution in [0.15, 0.2) is 35.4 Å². The molecule has 0 amide bonds. The number of nitrogens with one attached hydrogen (secondary N) is 1. The Labute approximate surface area is 136 Å². The van der Waals surface area contributed by atoms with Gasteiger partial charge in [0.15, 0.2) is 0 Å². The first kappa shape index (κ1) is 15.6. The van der Waals surface area contributed by atoms with E-state index in [9.17, 15) is 8.42 Å². The largest absolute Gasteiger partial charge is 0.352 e. The quantitative estimate of drug-likeness (QED) is 0.739. The summed E-state index contributed by atoms with van der Waals surface area (Å²) in [5.74, 6) is 0. The summed E-state index contributed by atoms with van der Waals surface area (Å²) in [6, 6.07) is 6.65. The third-order valence-electron chi connectivity index (χ3n) is 2.78. The van der Waals surface area contributed by atoms with Crippen molar-refractivity contribution in [2.24, 2.45) is 12.8 Å². The van der Waals surface area contributed by atoms with E-state index in [2.05, 4.69) is 27.3 Å². The minimum Gasteiger partial charge on any atom is -0.352 e. The third-order valence-corrected chi connectivity index (χ3v) is 5.09. The van der Waals surface area contributed by atoms with Crippen LogP contribution in [0.25, 0.3) is 0 Å². The average Bonchev–Trinajstić information content (AvgIpc) is 2.75. The number of nitrogens with zero attached hydrogens (tertiary/aromatic N) is 1. The van der Waals surface area contributed by atoms with E-state index in [0.29, 0.717) is 10.7 Å². The molecule has 0 saturated heterocycles. The molecule has 0 radical (unpaired) electrons. The van der Waals surface area contributed by atoms with Crippen molar-refractivity contribution in [1.29, 1.82) is 0 Å². The Kier molecular flexibility index (Phi) is 4.62. The zero-order chi connectivity index (χ0) is 14.9. The predicted octanol–water partition coefficient (Wildman–Crippen LogP) is 2.54. The summed E-state index contributed by atoms with van der Waals surface area (Å²) in [6.45, 7) is 0.274. The van der Waals surface area contributed by atoms with E-state index in [1.165, 1.54) is 6.20 Å². The van der Waals surface area contributed by atoms with Crippen LogP contribution in [0.5, 0.6) is 0 Å². The normalized spacial score (nSPS) is 11.6. The van der Waals surface area contributed by atoms with E-state index < -0.39 is 10.0 Å². The molecule has 1 heterocycles. The highest BCUT2D eigenvalue weighted by Gasteiger charge is 2.18. The van der Waals surface area contributed by atoms with Gasteiger partial charge >= 0.3 is 0 Å². The van der Waals surface area contributed by atoms with E-state index in [0.717, 1.165) is 9.26 Å². The molecule has 0 aliphatic heterocycles. The lowest BCUT2D eigenvalue weighted by Gasteiger charge is -2.08. The lowest BCUT2D eigenvalue weighted by atomic mass is 10.3. The average molecular weight is 426 g/mol. The molecule has 0 aliphatic carbocycles. The number of anilines is 1. The highest BCUT2D eigenvalue weighted by atomic mass is 127. The highest BCUT2D eigenvalue weighted by molar-refractivity contribution is 14.1. The Morgan fingerprint density at radius 3 is 2.65 bits per heavy atom. The number of nitrogens with two attached hydrogens (primary N) is 1. The Balaban J connectivity index is 2.35. The second-order valence-electron chi connectivity index (χ2n) is 4.21. The first-order valence-electron chi connectivity index (χ1n) is 5.66. The summed E-state index contributed by atoms with van der Waals surface area (Å²) in [5, 5.41) is 0.357. The maximum atomic E-state index is 12.3. The standard InChI is InChI=1S/C12H13ClIN3O2S/c1-17-7-10(5-9(17)6-15)20(18,19)16-12-3-2-8(14)4-11(12)13/h2-5,7,16H,6,15H2,1H3. The second kappa shape index (κ2) is 5.92. The number of aromatic nitrogens is 1. The van der Waals surface area contributed by atoms with Gasteiger partial charge in [-0.3, -0.25) is 4.72 Å². The zero-order valence-corrected chi connectivity index (χ0v) is 14.3. The topological polar surface area (TPSA) is 77.1 Å². The van der Waals surface area contributed by atoms with Crippen LogP contribution in [0, 0.1) is 3.57 Å². The summed E-state index contributed by atoms with van der Waals surface area (Å²) in [7, 11) is -1.92. The molecule has 0 fully saturated rings. The van der Waals surface area contributed by atoms with E-state index in [1.54, 1.807) is 35.9 Å². The fraction of sp³-hybridized carbons (Fsp3) is 0.167. The SMILES string of the molecule is Cn1cc(S(=O)(=O)Nc2ccc(I)cc2Cl)cc1CN. The molecule has 0 aliphatic rings. The molecule has 0 unspecified atom stereocenters. The summed E-state index contributed by atoms with van der Waals surface area (Å²) in [5.41, 5.74) is 6.63. The van der Waals surface area contributed by atoms with E-state index in [1.807, 2.05) is 0 Å². The molecule has 0 atom stereocenters. The predicted molar refractivity (Wildman–Crippen MR) is 88.3 cm³/mol. The van der Waals surface area contributed by atoms with Gasteiger partial charge in [0.2, 0.25) is 0 Å². The fourth-order valence-corrected chi connectivity index (χ4v) is 3.84. The van der Waals surface area contributed by atoms with Crippen molar-refractivity contribution < 1.29 is 8.42 Å². The Bertz CT molecular complexity index is 743. The molecule has 1 aromatic carbocycles. The van der Waals surface area contributed by atoms with Gasteiger partial charge in [-0.2, -0.15) is 0 Å². The van der Waals surface area contributed by atoms with Gasteiger partial charge in [-0.15, -0.1) is 0 Å². The number of hydrogen-bond donors (Lipinski definition) is 2. The van der Waals surface area contributed by atoms with Crippen molar-refractivity contribution in [3.05, 3.63) is 44.7 Å². The van der Waals surface area contributed by atoms with Gasteiger partial charge in [-0.25, -0.2) is 8.42 Å². The van der Waals surface area contributed by atoms with Gasteiger partial charge in [0, 0.05) is 29.1 Å². The van der Waals surface area contributed by atoms with Gasteiger partial charge in [0.05, 0.1) is 10.7 Å². The second-order valence-corrected chi connectivity index (χ2v) is 7.55. The number of sulfonamides is 1. The highest BCUT2D eigenvalue weighted by Crippen LogP contribution is 2.26. The molecule has 8 heteroatoms. The lowest BCUT2D eigenvalue weighted by molar-refractivity contribution is 0.601. The minimum atomic E-state index is -3.67. The van der Waals surface area contributed by atoms with Gasteiger partial charge in [0.25, 0.3) is 10.0 Å². The molecule has 108 valence electrons. The van der Waals surface area contributed by atoms with Crippen LogP contribution in [0.3, 0.4) is 0 Å². The summed E-state index contributed by atoms with van der Waals surface area (Å²) in [4.78, 5) is 0.162. The number of aryl methyl sites for hydroxylation is 1. The molecule has 0 saturated carbocycles. The van der Waals surface area contributed by atoms with Crippen LogP contribution in [-0.2, 0) is 23.6 Å². The van der Waals surface area contributed by atoms with Crippen LogP contribution in [0.4, 0.5) is 5.69 Å². The van der Waals surface area contributed by atoms with Crippen LogP contribution >= 0.6 is 34.2 Å². The smallest absolute Gasteiger partial charge is 0.263 e. The van der Waals surface area contributed by atoms with Crippen LogP contribution in [-0.4, -0.2) is 13.0 Å². The maximum Gasteiger partial charge on any atom is 0.263 e. The molecular weight excluding hydrogens is 413 g/mol. The van der Waals surface area contributed by atoms with Crippen molar-refractivity contribution in [3.63, 3.8) is 0 Å². The molecule has 2 rings (SSSR count). The summed E-state index contributed by atoms with van der Waals surface area (Å²) in [6.07, 6.45) is 1.52. The molecule has 0 spiro atoms. The zero-order valence-electron chi connectivity index (χ0n) is 10.6. The number of benzene rings is 1. The van der Waals surface area contributed by atoms with Gasteiger partial charge in [-0.05, 0) is 46.9 Å². The third kappa shape index (κ3) is 3.27. The number of halogens is 2. The minimum absolute atomic E-state index is 0.162. The molecular formula is C12H13ClIN3O2S. The van der Waals surface area contributed by atoms with Crippen LogP contribution in [0.1, 0.15) is 5.69 Å². The monoisotopic (exact) mass is 425 g/mol. The van der Waals surface area contributed by atoms with Gasteiger partial charge < -0.3 is 10.3 Å². The fourth-order valence-electron chi connectivity index (χ4n) is 1.70. The Morgan fingerprint density at radius 1 is 1.40 bits per heavy atom. The molecule has 1 aromatic heterocycles.